The molecule has 64 valence electrons. The van der Waals surface area contributed by atoms with E-state index < -0.39 is 0 Å². The molecular weight excluding hydrogens is 168 g/mol. The van der Waals surface area contributed by atoms with Gasteiger partial charge in [0.1, 0.15) is 0 Å². The normalized spacial score (nSPS) is 12.5. The minimum absolute atomic E-state index is 0.110. The topological polar surface area (TPSA) is 0 Å². The van der Waals surface area contributed by atoms with E-state index in [0.717, 1.165) is 12.0 Å². The molecule has 0 aliphatic carbocycles. The summed E-state index contributed by atoms with van der Waals surface area (Å²) in [5.41, 5.74) is 2.32. The first-order valence-corrected chi connectivity index (χ1v) is 4.58. The SMILES string of the molecule is C=Cc1ccccc1C(Cl)CC. The van der Waals surface area contributed by atoms with Crippen molar-refractivity contribution in [1.29, 1.82) is 0 Å². The molecule has 12 heavy (non-hydrogen) atoms. The highest BCUT2D eigenvalue weighted by atomic mass is 35.5. The number of rotatable bonds is 3. The Morgan fingerprint density at radius 3 is 2.75 bits per heavy atom. The molecule has 0 nitrogen and oxygen atoms in total. The van der Waals surface area contributed by atoms with Gasteiger partial charge in [0.05, 0.1) is 5.38 Å². The number of halogens is 1. The molecule has 1 aromatic rings. The van der Waals surface area contributed by atoms with Gasteiger partial charge in [-0.1, -0.05) is 43.8 Å². The molecule has 0 aliphatic rings. The number of hydrogen-bond acceptors (Lipinski definition) is 0. The molecule has 0 fully saturated rings. The van der Waals surface area contributed by atoms with Crippen molar-refractivity contribution in [3.05, 3.63) is 42.0 Å². The van der Waals surface area contributed by atoms with Gasteiger partial charge in [-0.25, -0.2) is 0 Å². The van der Waals surface area contributed by atoms with Gasteiger partial charge in [-0.15, -0.1) is 11.6 Å². The maximum absolute atomic E-state index is 6.13. The first kappa shape index (κ1) is 9.34. The lowest BCUT2D eigenvalue weighted by molar-refractivity contribution is 0.882. The average Bonchev–Trinajstić information content (AvgIpc) is 2.16. The van der Waals surface area contributed by atoms with Crippen LogP contribution >= 0.6 is 11.6 Å². The Bertz CT molecular complexity index is 265. The summed E-state index contributed by atoms with van der Waals surface area (Å²) in [5.74, 6) is 0. The third kappa shape index (κ3) is 1.89. The van der Waals surface area contributed by atoms with E-state index in [4.69, 9.17) is 11.6 Å². The molecule has 1 rings (SSSR count). The lowest BCUT2D eigenvalue weighted by Gasteiger charge is -2.09. The van der Waals surface area contributed by atoms with E-state index in [9.17, 15) is 0 Å². The first-order valence-electron chi connectivity index (χ1n) is 4.15. The zero-order chi connectivity index (χ0) is 8.97. The minimum atomic E-state index is 0.110. The van der Waals surface area contributed by atoms with Crippen LogP contribution in [-0.2, 0) is 0 Å². The molecule has 0 saturated heterocycles. The second kappa shape index (κ2) is 4.32. The second-order valence-corrected chi connectivity index (χ2v) is 3.24. The van der Waals surface area contributed by atoms with Crippen molar-refractivity contribution in [2.45, 2.75) is 18.7 Å². The second-order valence-electron chi connectivity index (χ2n) is 2.71. The van der Waals surface area contributed by atoms with Gasteiger partial charge in [0.25, 0.3) is 0 Å². The van der Waals surface area contributed by atoms with Crippen molar-refractivity contribution in [2.75, 3.05) is 0 Å². The molecule has 0 radical (unpaired) electrons. The molecule has 1 heteroatoms. The summed E-state index contributed by atoms with van der Waals surface area (Å²) in [6, 6.07) is 8.10. The van der Waals surface area contributed by atoms with Crippen molar-refractivity contribution in [3.63, 3.8) is 0 Å². The minimum Gasteiger partial charge on any atom is -0.118 e. The molecule has 1 atom stereocenters. The maximum Gasteiger partial charge on any atom is 0.0588 e. The Kier molecular flexibility index (Phi) is 3.36. The smallest absolute Gasteiger partial charge is 0.0588 e. The Hall–Kier alpha value is -0.750. The van der Waals surface area contributed by atoms with Crippen LogP contribution in [0.2, 0.25) is 0 Å². The Labute approximate surface area is 78.9 Å². The quantitative estimate of drug-likeness (QED) is 0.617. The molecule has 0 aromatic heterocycles. The first-order chi connectivity index (χ1) is 5.79. The van der Waals surface area contributed by atoms with Gasteiger partial charge in [-0.3, -0.25) is 0 Å². The van der Waals surface area contributed by atoms with Crippen LogP contribution in [0.4, 0.5) is 0 Å². The van der Waals surface area contributed by atoms with Gasteiger partial charge in [0.2, 0.25) is 0 Å². The Morgan fingerprint density at radius 1 is 1.50 bits per heavy atom. The number of alkyl halides is 1. The Morgan fingerprint density at radius 2 is 2.17 bits per heavy atom. The van der Waals surface area contributed by atoms with E-state index in [0.29, 0.717) is 0 Å². The van der Waals surface area contributed by atoms with Gasteiger partial charge in [-0.05, 0) is 17.5 Å². The largest absolute Gasteiger partial charge is 0.118 e. The summed E-state index contributed by atoms with van der Waals surface area (Å²) in [6.07, 6.45) is 2.80. The Balaban J connectivity index is 3.04. The molecule has 0 bridgehead atoms. The fraction of sp³-hybridized carbons (Fsp3) is 0.273. The van der Waals surface area contributed by atoms with Crippen LogP contribution in [-0.4, -0.2) is 0 Å². The summed E-state index contributed by atoms with van der Waals surface area (Å²) < 4.78 is 0. The highest BCUT2D eigenvalue weighted by molar-refractivity contribution is 6.21. The van der Waals surface area contributed by atoms with Crippen LogP contribution in [0.25, 0.3) is 6.08 Å². The molecule has 1 unspecified atom stereocenters. The summed E-state index contributed by atoms with van der Waals surface area (Å²) in [5, 5.41) is 0.110. The third-order valence-electron chi connectivity index (χ3n) is 1.91. The maximum atomic E-state index is 6.13. The molecule has 0 spiro atoms. The van der Waals surface area contributed by atoms with E-state index in [1.165, 1.54) is 5.56 Å². The van der Waals surface area contributed by atoms with E-state index in [1.807, 2.05) is 24.3 Å². The lowest BCUT2D eigenvalue weighted by atomic mass is 10.0. The molecular formula is C11H13Cl. The van der Waals surface area contributed by atoms with Gasteiger partial charge in [0, 0.05) is 0 Å². The van der Waals surface area contributed by atoms with Gasteiger partial charge >= 0.3 is 0 Å². The van der Waals surface area contributed by atoms with E-state index >= 15 is 0 Å². The summed E-state index contributed by atoms with van der Waals surface area (Å²) in [4.78, 5) is 0. The standard InChI is InChI=1S/C11H13Cl/c1-3-9-7-5-6-8-10(9)11(12)4-2/h3,5-8,11H,1,4H2,2H3. The van der Waals surface area contributed by atoms with Crippen LogP contribution < -0.4 is 0 Å². The van der Waals surface area contributed by atoms with Crippen molar-refractivity contribution < 1.29 is 0 Å². The molecule has 0 N–H and O–H groups in total. The van der Waals surface area contributed by atoms with Crippen LogP contribution in [0.1, 0.15) is 29.8 Å². The summed E-state index contributed by atoms with van der Waals surface area (Å²) in [6.45, 7) is 5.83. The van der Waals surface area contributed by atoms with Crippen molar-refractivity contribution in [3.8, 4) is 0 Å². The monoisotopic (exact) mass is 180 g/mol. The van der Waals surface area contributed by atoms with Gasteiger partial charge < -0.3 is 0 Å². The van der Waals surface area contributed by atoms with Gasteiger partial charge in [0.15, 0.2) is 0 Å². The van der Waals surface area contributed by atoms with Crippen molar-refractivity contribution in [1.82, 2.24) is 0 Å². The summed E-state index contributed by atoms with van der Waals surface area (Å²) >= 11 is 6.13. The molecule has 0 aliphatic heterocycles. The average molecular weight is 181 g/mol. The lowest BCUT2D eigenvalue weighted by Crippen LogP contribution is -1.91. The number of hydrogen-bond donors (Lipinski definition) is 0. The van der Waals surface area contributed by atoms with Crippen LogP contribution in [0.15, 0.2) is 30.8 Å². The molecule has 0 saturated carbocycles. The number of benzene rings is 1. The van der Waals surface area contributed by atoms with Crippen molar-refractivity contribution >= 4 is 17.7 Å². The fourth-order valence-corrected chi connectivity index (χ4v) is 1.40. The van der Waals surface area contributed by atoms with Crippen LogP contribution in [0.5, 0.6) is 0 Å². The molecule has 0 heterocycles. The van der Waals surface area contributed by atoms with E-state index in [-0.39, 0.29) is 5.38 Å². The predicted molar refractivity (Wildman–Crippen MR) is 55.4 cm³/mol. The highest BCUT2D eigenvalue weighted by Crippen LogP contribution is 2.27. The summed E-state index contributed by atoms with van der Waals surface area (Å²) in [7, 11) is 0. The van der Waals surface area contributed by atoms with Crippen LogP contribution in [0.3, 0.4) is 0 Å². The molecule has 0 amide bonds. The van der Waals surface area contributed by atoms with E-state index in [2.05, 4.69) is 19.6 Å². The van der Waals surface area contributed by atoms with Crippen LogP contribution in [0, 0.1) is 0 Å². The van der Waals surface area contributed by atoms with E-state index in [1.54, 1.807) is 0 Å². The van der Waals surface area contributed by atoms with Gasteiger partial charge in [-0.2, -0.15) is 0 Å². The zero-order valence-electron chi connectivity index (χ0n) is 7.26. The predicted octanol–water partition coefficient (Wildman–Crippen LogP) is 4.02. The fourth-order valence-electron chi connectivity index (χ4n) is 1.20. The highest BCUT2D eigenvalue weighted by Gasteiger charge is 2.06. The molecule has 1 aromatic carbocycles. The zero-order valence-corrected chi connectivity index (χ0v) is 8.01. The van der Waals surface area contributed by atoms with Crippen molar-refractivity contribution in [2.24, 2.45) is 0 Å². The third-order valence-corrected chi connectivity index (χ3v) is 2.46.